The first-order chi connectivity index (χ1) is 24.0. The highest BCUT2D eigenvalue weighted by Crippen LogP contribution is 2.40. The Kier molecular flexibility index (Phi) is 11.7. The van der Waals surface area contributed by atoms with Gasteiger partial charge in [0.25, 0.3) is 6.26 Å². The molecule has 0 bridgehead atoms. The third-order valence-electron chi connectivity index (χ3n) is 11.0. The zero-order valence-electron chi connectivity index (χ0n) is 28.7. The van der Waals surface area contributed by atoms with Crippen LogP contribution in [0.4, 0.5) is 10.5 Å². The van der Waals surface area contributed by atoms with Gasteiger partial charge in [0, 0.05) is 5.69 Å². The number of carbonyl (C=O) groups excluding carboxylic acids is 1. The maximum Gasteiger partial charge on any atom is 0.332 e. The number of ether oxygens (including phenoxy) is 1. The molecule has 8 rings (SSSR count). The van der Waals surface area contributed by atoms with E-state index in [0.29, 0.717) is 38.8 Å². The molecule has 14 heteroatoms. The molecule has 2 saturated heterocycles. The van der Waals surface area contributed by atoms with Crippen molar-refractivity contribution < 1.29 is 26.4 Å². The maximum absolute atomic E-state index is 12.5. The Labute approximate surface area is 296 Å². The number of anilines is 1. The van der Waals surface area contributed by atoms with Gasteiger partial charge in [-0.15, -0.1) is 5.26 Å². The average Bonchev–Trinajstić information content (AvgIpc) is 3.93. The van der Waals surface area contributed by atoms with Crippen molar-refractivity contribution in [3.05, 3.63) is 56.6 Å². The summed E-state index contributed by atoms with van der Waals surface area (Å²) >= 11 is 0. The molecular formula is C36H50N6O6S2. The van der Waals surface area contributed by atoms with Crippen molar-refractivity contribution in [2.75, 3.05) is 31.5 Å². The van der Waals surface area contributed by atoms with Crippen molar-refractivity contribution in [2.45, 2.75) is 113 Å². The van der Waals surface area contributed by atoms with Gasteiger partial charge in [0.05, 0.1) is 10.5 Å². The molecule has 0 spiro atoms. The van der Waals surface area contributed by atoms with Gasteiger partial charge in [-0.25, -0.2) is 31.5 Å². The molecule has 6 N–H and O–H groups in total. The zero-order chi connectivity index (χ0) is 35.3. The number of nitrogens with one attached hydrogen (secondary N) is 4. The van der Waals surface area contributed by atoms with Crippen molar-refractivity contribution in [2.24, 2.45) is 5.14 Å². The van der Waals surface area contributed by atoms with E-state index >= 15 is 0 Å². The Morgan fingerprint density at radius 3 is 1.54 bits per heavy atom. The number of carbonyl (C=O) groups is 1. The molecule has 2 amide bonds. The number of amides is 2. The van der Waals surface area contributed by atoms with Gasteiger partial charge in [0.1, 0.15) is 5.75 Å². The number of nitriles is 1. The molecule has 0 saturated carbocycles. The number of urea groups is 1. The van der Waals surface area contributed by atoms with Crippen LogP contribution in [0.3, 0.4) is 0 Å². The third-order valence-corrected chi connectivity index (χ3v) is 14.2. The lowest BCUT2D eigenvalue weighted by atomic mass is 9.99. The maximum atomic E-state index is 12.5. The first-order valence-electron chi connectivity index (χ1n) is 18.2. The highest BCUT2D eigenvalue weighted by Gasteiger charge is 2.31. The van der Waals surface area contributed by atoms with Crippen LogP contribution in [0.15, 0.2) is 12.1 Å². The number of piperidine rings is 2. The highest BCUT2D eigenvalue weighted by atomic mass is 32.2. The van der Waals surface area contributed by atoms with E-state index in [1.165, 1.54) is 57.3 Å². The smallest absolute Gasteiger partial charge is 0.332 e. The van der Waals surface area contributed by atoms with Gasteiger partial charge in [-0.05, 0) is 173 Å². The third kappa shape index (κ3) is 8.45. The molecule has 2 fully saturated rings. The number of sulfonamides is 2. The van der Waals surface area contributed by atoms with Crippen LogP contribution < -0.4 is 30.5 Å². The van der Waals surface area contributed by atoms with Crippen LogP contribution in [0, 0.1) is 11.5 Å². The first-order valence-corrected chi connectivity index (χ1v) is 21.4. The van der Waals surface area contributed by atoms with Crippen molar-refractivity contribution in [1.29, 1.82) is 5.26 Å². The number of aryl methyl sites for hydroxylation is 4. The van der Waals surface area contributed by atoms with E-state index in [0.717, 1.165) is 88.7 Å². The fraction of sp³-hybridized carbons (Fsp3) is 0.611. The number of rotatable bonds is 5. The Balaban J connectivity index is 0.000000146. The van der Waals surface area contributed by atoms with Gasteiger partial charge in [0.2, 0.25) is 20.0 Å². The lowest BCUT2D eigenvalue weighted by molar-refractivity contribution is 0.256. The molecule has 50 heavy (non-hydrogen) atoms. The Morgan fingerprint density at radius 1 is 0.700 bits per heavy atom. The number of hydrogen-bond donors (Lipinski definition) is 5. The molecule has 0 unspecified atom stereocenters. The fourth-order valence-electron chi connectivity index (χ4n) is 8.48. The summed E-state index contributed by atoms with van der Waals surface area (Å²) in [6.45, 7) is 2.88. The van der Waals surface area contributed by atoms with E-state index in [2.05, 4.69) is 32.8 Å². The van der Waals surface area contributed by atoms with Gasteiger partial charge < -0.3 is 20.7 Å². The molecule has 2 aliphatic heterocycles. The van der Waals surface area contributed by atoms with Crippen LogP contribution >= 0.6 is 0 Å². The molecule has 2 aromatic rings. The number of benzene rings is 2. The SMILES string of the molecule is N#COc1c2c(cc3c1CCC3)CCC2.NS(=O)(=O)C1CCNCC1.O=C(Nc1c2c(cc3c1CCC3)CCC2)NS(=O)(=O)C1CCNCC1. The quantitative estimate of drug-likeness (QED) is 0.287. The molecule has 6 aliphatic rings. The predicted molar refractivity (Wildman–Crippen MR) is 193 cm³/mol. The van der Waals surface area contributed by atoms with Gasteiger partial charge >= 0.3 is 6.03 Å². The van der Waals surface area contributed by atoms with Gasteiger partial charge in [-0.3, -0.25) is 0 Å². The summed E-state index contributed by atoms with van der Waals surface area (Å²) in [6.07, 6.45) is 17.3. The van der Waals surface area contributed by atoms with Crippen LogP contribution in [0.1, 0.15) is 95.9 Å². The standard InChI is InChI=1S/C18H25N3O3S.C13H13NO.C5H12N2O2S/c22-18(21-25(23,24)14-7-9-19-10-8-14)20-17-15-5-1-3-12(15)11-13-4-2-6-16(13)17;14-8-15-13-11-5-1-3-9(11)7-10-4-2-6-12(10)13;6-10(8,9)5-1-3-7-4-2-5/h11,14,19H,1-10H2,(H2,20,21,22);7H,1-6H2;5,7H,1-4H2,(H2,6,8,9). The number of nitrogens with two attached hydrogens (primary N) is 1. The summed E-state index contributed by atoms with van der Waals surface area (Å²) in [4.78, 5) is 12.5. The van der Waals surface area contributed by atoms with E-state index in [-0.39, 0.29) is 5.25 Å². The monoisotopic (exact) mass is 726 g/mol. The number of hydrogen-bond acceptors (Lipinski definition) is 9. The summed E-state index contributed by atoms with van der Waals surface area (Å²) in [7, 11) is -6.90. The lowest BCUT2D eigenvalue weighted by Crippen LogP contribution is -2.45. The molecule has 272 valence electrons. The topological polar surface area (TPSA) is 193 Å². The Morgan fingerprint density at radius 2 is 1.12 bits per heavy atom. The molecule has 0 atom stereocenters. The molecule has 4 aliphatic carbocycles. The normalized spacial score (nSPS) is 19.8. The molecule has 0 radical (unpaired) electrons. The summed E-state index contributed by atoms with van der Waals surface area (Å²) in [5.41, 5.74) is 11.4. The Hall–Kier alpha value is -3.22. The first kappa shape index (κ1) is 36.6. The van der Waals surface area contributed by atoms with Crippen LogP contribution in [0.25, 0.3) is 0 Å². The summed E-state index contributed by atoms with van der Waals surface area (Å²) < 4.78 is 53.8. The van der Waals surface area contributed by atoms with Crippen molar-refractivity contribution in [3.63, 3.8) is 0 Å². The van der Waals surface area contributed by atoms with Crippen LogP contribution in [-0.2, 0) is 71.4 Å². The summed E-state index contributed by atoms with van der Waals surface area (Å²) in [5.74, 6) is 0.903. The predicted octanol–water partition coefficient (Wildman–Crippen LogP) is 3.42. The van der Waals surface area contributed by atoms with E-state index in [1.807, 2.05) is 6.26 Å². The minimum Gasteiger partial charge on any atom is -0.387 e. The molecule has 0 aromatic heterocycles. The second-order valence-corrected chi connectivity index (χ2v) is 18.0. The number of primary sulfonamides is 1. The van der Waals surface area contributed by atoms with Crippen molar-refractivity contribution in [3.8, 4) is 12.0 Å². The van der Waals surface area contributed by atoms with Crippen LogP contribution in [-0.4, -0.2) is 59.5 Å². The average molecular weight is 727 g/mol. The Bertz CT molecular complexity index is 1780. The second-order valence-electron chi connectivity index (χ2n) is 14.2. The van der Waals surface area contributed by atoms with E-state index < -0.39 is 31.3 Å². The van der Waals surface area contributed by atoms with E-state index in [9.17, 15) is 21.6 Å². The van der Waals surface area contributed by atoms with Gasteiger partial charge in [-0.2, -0.15) is 0 Å². The summed E-state index contributed by atoms with van der Waals surface area (Å²) in [5, 5.41) is 22.0. The van der Waals surface area contributed by atoms with Crippen LogP contribution in [0.2, 0.25) is 0 Å². The molecule has 2 aromatic carbocycles. The van der Waals surface area contributed by atoms with Crippen molar-refractivity contribution in [1.82, 2.24) is 15.4 Å². The minimum absolute atomic E-state index is 0.311. The van der Waals surface area contributed by atoms with Crippen molar-refractivity contribution >= 4 is 31.8 Å². The largest absolute Gasteiger partial charge is 0.387 e. The van der Waals surface area contributed by atoms with E-state index in [1.54, 1.807) is 0 Å². The highest BCUT2D eigenvalue weighted by molar-refractivity contribution is 7.90. The van der Waals surface area contributed by atoms with Gasteiger partial charge in [-0.1, -0.05) is 12.1 Å². The fourth-order valence-corrected chi connectivity index (χ4v) is 10.7. The van der Waals surface area contributed by atoms with Gasteiger partial charge in [0.15, 0.2) is 0 Å². The number of fused-ring (bicyclic) bond motifs is 4. The molecule has 2 heterocycles. The lowest BCUT2D eigenvalue weighted by Gasteiger charge is -2.23. The zero-order valence-corrected chi connectivity index (χ0v) is 30.4. The van der Waals surface area contributed by atoms with E-state index in [4.69, 9.17) is 15.1 Å². The number of nitrogens with zero attached hydrogens (tertiary/aromatic N) is 1. The second kappa shape index (κ2) is 16.0. The molecular weight excluding hydrogens is 677 g/mol. The molecule has 12 nitrogen and oxygen atoms in total. The summed E-state index contributed by atoms with van der Waals surface area (Å²) in [6, 6.07) is 4.02. The van der Waals surface area contributed by atoms with Crippen LogP contribution in [0.5, 0.6) is 5.75 Å². The minimum atomic E-state index is -3.63.